The Morgan fingerprint density at radius 2 is 2.00 bits per heavy atom. The van der Waals surface area contributed by atoms with Crippen molar-refractivity contribution in [3.63, 3.8) is 0 Å². The van der Waals surface area contributed by atoms with E-state index in [0.29, 0.717) is 18.6 Å². The Kier molecular flexibility index (Phi) is 4.39. The zero-order chi connectivity index (χ0) is 14.6. The number of benzene rings is 1. The molecule has 108 valence electrons. The number of hydrogen-bond donors (Lipinski definition) is 2. The predicted molar refractivity (Wildman–Crippen MR) is 73.2 cm³/mol. The van der Waals surface area contributed by atoms with E-state index in [-0.39, 0.29) is 5.91 Å². The Morgan fingerprint density at radius 3 is 2.55 bits per heavy atom. The Balaban J connectivity index is 2.17. The Bertz CT molecular complexity index is 482. The van der Waals surface area contributed by atoms with E-state index in [1.807, 2.05) is 0 Å². The van der Waals surface area contributed by atoms with E-state index in [1.165, 1.54) is 6.92 Å². The molecule has 1 amide bonds. The molecule has 2 atom stereocenters. The molecule has 2 unspecified atom stereocenters. The molecular formula is C15H19NO4. The minimum atomic E-state index is -1.45. The maximum absolute atomic E-state index is 12.2. The molecule has 0 aromatic heterocycles. The molecule has 1 saturated heterocycles. The summed E-state index contributed by atoms with van der Waals surface area (Å²) in [4.78, 5) is 23.8. The predicted octanol–water partition coefficient (Wildman–Crippen LogP) is 1.67. The zero-order valence-electron chi connectivity index (χ0n) is 11.5. The second-order valence-corrected chi connectivity index (χ2v) is 5.14. The van der Waals surface area contributed by atoms with E-state index in [4.69, 9.17) is 4.74 Å². The van der Waals surface area contributed by atoms with Crippen LogP contribution in [-0.4, -0.2) is 29.7 Å². The van der Waals surface area contributed by atoms with E-state index in [2.05, 4.69) is 5.32 Å². The number of carbonyl (C=O) groups is 2. The molecule has 0 radical (unpaired) electrons. The van der Waals surface area contributed by atoms with E-state index in [1.54, 1.807) is 30.3 Å². The van der Waals surface area contributed by atoms with Gasteiger partial charge in [0.15, 0.2) is 5.54 Å². The summed E-state index contributed by atoms with van der Waals surface area (Å²) in [7, 11) is 0. The lowest BCUT2D eigenvalue weighted by molar-refractivity contribution is -0.150. The minimum absolute atomic E-state index is 0.363. The first-order valence-electron chi connectivity index (χ1n) is 6.76. The first-order valence-corrected chi connectivity index (χ1v) is 6.76. The first kappa shape index (κ1) is 14.5. The third-order valence-electron chi connectivity index (χ3n) is 3.62. The Labute approximate surface area is 117 Å². The molecule has 0 saturated carbocycles. The van der Waals surface area contributed by atoms with E-state index in [9.17, 15) is 14.7 Å². The number of carbonyl (C=O) groups excluding carboxylic acids is 1. The molecule has 1 aromatic rings. The van der Waals surface area contributed by atoms with Gasteiger partial charge in [-0.25, -0.2) is 4.79 Å². The molecule has 1 aliphatic rings. The van der Waals surface area contributed by atoms with Gasteiger partial charge in [-0.2, -0.15) is 0 Å². The molecule has 1 fully saturated rings. The molecule has 2 rings (SSSR count). The van der Waals surface area contributed by atoms with Crippen LogP contribution in [0.25, 0.3) is 0 Å². The first-order chi connectivity index (χ1) is 9.54. The molecule has 0 bridgehead atoms. The van der Waals surface area contributed by atoms with Crippen molar-refractivity contribution in [3.05, 3.63) is 35.9 Å². The van der Waals surface area contributed by atoms with Gasteiger partial charge in [-0.3, -0.25) is 4.79 Å². The summed E-state index contributed by atoms with van der Waals surface area (Å²) in [6.07, 6.45) is 1.95. The van der Waals surface area contributed by atoms with Crippen molar-refractivity contribution in [2.24, 2.45) is 0 Å². The molecule has 0 spiro atoms. The number of ether oxygens (including phenoxy) is 1. The maximum atomic E-state index is 12.2. The smallest absolute Gasteiger partial charge is 0.333 e. The fourth-order valence-corrected chi connectivity index (χ4v) is 2.29. The molecule has 20 heavy (non-hydrogen) atoms. The lowest BCUT2D eigenvalue weighted by atomic mass is 9.91. The van der Waals surface area contributed by atoms with Gasteiger partial charge < -0.3 is 15.2 Å². The van der Waals surface area contributed by atoms with Crippen LogP contribution in [0.2, 0.25) is 0 Å². The van der Waals surface area contributed by atoms with Gasteiger partial charge in [-0.15, -0.1) is 0 Å². The van der Waals surface area contributed by atoms with Crippen LogP contribution in [0, 0.1) is 0 Å². The van der Waals surface area contributed by atoms with Gasteiger partial charge in [-0.1, -0.05) is 30.3 Å². The topological polar surface area (TPSA) is 75.6 Å². The maximum Gasteiger partial charge on any atom is 0.333 e. The van der Waals surface area contributed by atoms with Crippen LogP contribution >= 0.6 is 0 Å². The average molecular weight is 277 g/mol. The number of amides is 1. The quantitative estimate of drug-likeness (QED) is 0.878. The SMILES string of the molecule is CC(NC(=O)C1CCCCO1)(C(=O)O)c1ccccc1. The summed E-state index contributed by atoms with van der Waals surface area (Å²) in [5.41, 5.74) is -0.907. The number of carboxylic acid groups (broad SMARTS) is 1. The van der Waals surface area contributed by atoms with Gasteiger partial charge in [0.25, 0.3) is 0 Å². The van der Waals surface area contributed by atoms with Crippen LogP contribution in [0.15, 0.2) is 30.3 Å². The van der Waals surface area contributed by atoms with Gasteiger partial charge in [-0.05, 0) is 31.7 Å². The van der Waals surface area contributed by atoms with Crippen molar-refractivity contribution in [1.82, 2.24) is 5.32 Å². The number of hydrogen-bond acceptors (Lipinski definition) is 3. The van der Waals surface area contributed by atoms with Crippen molar-refractivity contribution in [2.75, 3.05) is 6.61 Å². The number of aliphatic carboxylic acids is 1. The molecular weight excluding hydrogens is 258 g/mol. The van der Waals surface area contributed by atoms with Gasteiger partial charge >= 0.3 is 5.97 Å². The standard InChI is InChI=1S/C15H19NO4/c1-15(14(18)19,11-7-3-2-4-8-11)16-13(17)12-9-5-6-10-20-12/h2-4,7-8,12H,5-6,9-10H2,1H3,(H,16,17)(H,18,19). The van der Waals surface area contributed by atoms with Gasteiger partial charge in [0.1, 0.15) is 6.10 Å². The molecule has 1 aliphatic heterocycles. The van der Waals surface area contributed by atoms with E-state index in [0.717, 1.165) is 12.8 Å². The lowest BCUT2D eigenvalue weighted by Crippen LogP contribution is -2.53. The Hall–Kier alpha value is -1.88. The molecule has 1 aromatic carbocycles. The highest BCUT2D eigenvalue weighted by Gasteiger charge is 2.38. The van der Waals surface area contributed by atoms with Crippen LogP contribution in [0.3, 0.4) is 0 Å². The summed E-state index contributed by atoms with van der Waals surface area (Å²) >= 11 is 0. The molecule has 0 aliphatic carbocycles. The zero-order valence-corrected chi connectivity index (χ0v) is 11.5. The summed E-state index contributed by atoms with van der Waals surface area (Å²) in [6, 6.07) is 8.68. The number of nitrogens with one attached hydrogen (secondary N) is 1. The Morgan fingerprint density at radius 1 is 1.30 bits per heavy atom. The van der Waals surface area contributed by atoms with Crippen LogP contribution < -0.4 is 5.32 Å². The van der Waals surface area contributed by atoms with Crippen LogP contribution in [0.4, 0.5) is 0 Å². The summed E-state index contributed by atoms with van der Waals surface area (Å²) < 4.78 is 5.40. The normalized spacial score (nSPS) is 21.8. The monoisotopic (exact) mass is 277 g/mol. The average Bonchev–Trinajstić information content (AvgIpc) is 2.48. The fourth-order valence-electron chi connectivity index (χ4n) is 2.29. The number of rotatable bonds is 4. The third kappa shape index (κ3) is 2.99. The van der Waals surface area contributed by atoms with Crippen molar-refractivity contribution < 1.29 is 19.4 Å². The van der Waals surface area contributed by atoms with Gasteiger partial charge in [0, 0.05) is 6.61 Å². The number of carboxylic acids is 1. The van der Waals surface area contributed by atoms with Gasteiger partial charge in [0.05, 0.1) is 0 Å². The van der Waals surface area contributed by atoms with Crippen molar-refractivity contribution >= 4 is 11.9 Å². The second-order valence-electron chi connectivity index (χ2n) is 5.14. The molecule has 1 heterocycles. The van der Waals surface area contributed by atoms with Crippen molar-refractivity contribution in [2.45, 2.75) is 37.8 Å². The summed E-state index contributed by atoms with van der Waals surface area (Å²) in [5, 5.41) is 12.1. The highest BCUT2D eigenvalue weighted by molar-refractivity contribution is 5.89. The summed E-state index contributed by atoms with van der Waals surface area (Å²) in [6.45, 7) is 2.04. The van der Waals surface area contributed by atoms with Gasteiger partial charge in [0.2, 0.25) is 5.91 Å². The highest BCUT2D eigenvalue weighted by atomic mass is 16.5. The molecule has 2 N–H and O–H groups in total. The largest absolute Gasteiger partial charge is 0.479 e. The second kappa shape index (κ2) is 6.05. The van der Waals surface area contributed by atoms with Crippen molar-refractivity contribution in [1.29, 1.82) is 0 Å². The lowest BCUT2D eigenvalue weighted by Gasteiger charge is -2.30. The molecule has 5 nitrogen and oxygen atoms in total. The van der Waals surface area contributed by atoms with Crippen LogP contribution in [-0.2, 0) is 19.9 Å². The van der Waals surface area contributed by atoms with Crippen molar-refractivity contribution in [3.8, 4) is 0 Å². The van der Waals surface area contributed by atoms with E-state index < -0.39 is 17.6 Å². The van der Waals surface area contributed by atoms with Crippen LogP contribution in [0.1, 0.15) is 31.7 Å². The molecule has 5 heteroatoms. The summed E-state index contributed by atoms with van der Waals surface area (Å²) in [5.74, 6) is -1.45. The third-order valence-corrected chi connectivity index (χ3v) is 3.62. The fraction of sp³-hybridized carbons (Fsp3) is 0.467. The minimum Gasteiger partial charge on any atom is -0.479 e. The highest BCUT2D eigenvalue weighted by Crippen LogP contribution is 2.22. The van der Waals surface area contributed by atoms with E-state index >= 15 is 0 Å². The van der Waals surface area contributed by atoms with Crippen LogP contribution in [0.5, 0.6) is 0 Å².